The predicted octanol–water partition coefficient (Wildman–Crippen LogP) is 6.62. The summed E-state index contributed by atoms with van der Waals surface area (Å²) >= 11 is 0. The monoisotopic (exact) mass is 304 g/mol. The average Bonchev–Trinajstić information content (AvgIpc) is 2.95. The highest BCUT2D eigenvalue weighted by atomic mass is 14.2. The first kappa shape index (κ1) is 16.1. The van der Waals surface area contributed by atoms with E-state index in [1.165, 1.54) is 38.9 Å². The molecule has 0 N–H and O–H groups in total. The molecule has 0 saturated carbocycles. The lowest BCUT2D eigenvalue weighted by Crippen LogP contribution is -2.10. The third kappa shape index (κ3) is 2.87. The van der Waals surface area contributed by atoms with Gasteiger partial charge in [0.1, 0.15) is 0 Å². The second kappa shape index (κ2) is 5.67. The molecular formula is C23H28. The number of rotatable bonds is 2. The normalized spacial score (nSPS) is 13.9. The molecule has 1 aliphatic carbocycles. The molecule has 0 fully saturated rings. The zero-order valence-corrected chi connectivity index (χ0v) is 15.4. The summed E-state index contributed by atoms with van der Waals surface area (Å²) in [6.45, 7) is 13.6. The van der Waals surface area contributed by atoms with Crippen LogP contribution in [0.4, 0.5) is 0 Å². The Morgan fingerprint density at radius 3 is 2.22 bits per heavy atom. The molecule has 1 aliphatic rings. The highest BCUT2D eigenvalue weighted by Crippen LogP contribution is 2.38. The summed E-state index contributed by atoms with van der Waals surface area (Å²) < 4.78 is 0. The minimum absolute atomic E-state index is 0.207. The van der Waals surface area contributed by atoms with E-state index in [-0.39, 0.29) is 5.41 Å². The van der Waals surface area contributed by atoms with Crippen LogP contribution in [0.5, 0.6) is 0 Å². The van der Waals surface area contributed by atoms with Crippen LogP contribution in [0.25, 0.3) is 17.2 Å². The second-order valence-corrected chi connectivity index (χ2v) is 7.92. The molecule has 0 heteroatoms. The minimum Gasteiger partial charge on any atom is -0.0654 e. The predicted molar refractivity (Wildman–Crippen MR) is 102 cm³/mol. The summed E-state index contributed by atoms with van der Waals surface area (Å²) in [5.74, 6) is 0. The van der Waals surface area contributed by atoms with Crippen molar-refractivity contribution in [2.24, 2.45) is 0 Å². The first-order chi connectivity index (χ1) is 10.8. The van der Waals surface area contributed by atoms with Crippen LogP contribution in [0.2, 0.25) is 0 Å². The second-order valence-electron chi connectivity index (χ2n) is 7.92. The van der Waals surface area contributed by atoms with Crippen LogP contribution >= 0.6 is 0 Å². The van der Waals surface area contributed by atoms with Gasteiger partial charge in [0.15, 0.2) is 0 Å². The van der Waals surface area contributed by atoms with Gasteiger partial charge in [-0.3, -0.25) is 0 Å². The summed E-state index contributed by atoms with van der Waals surface area (Å²) in [6, 6.07) is 11.5. The van der Waals surface area contributed by atoms with Gasteiger partial charge in [0.2, 0.25) is 0 Å². The van der Waals surface area contributed by atoms with Gasteiger partial charge >= 0.3 is 0 Å². The molecule has 0 nitrogen and oxygen atoms in total. The third-order valence-electron chi connectivity index (χ3n) is 5.29. The van der Waals surface area contributed by atoms with E-state index >= 15 is 0 Å². The number of benzene rings is 2. The quantitative estimate of drug-likeness (QED) is 0.585. The van der Waals surface area contributed by atoms with Crippen molar-refractivity contribution in [1.82, 2.24) is 0 Å². The van der Waals surface area contributed by atoms with E-state index in [2.05, 4.69) is 78.0 Å². The molecule has 0 unspecified atom stereocenters. The molecule has 2 aromatic carbocycles. The SMILES string of the molecule is CCC1=Cc2c(-c3ccc(C(C)(C)C)cc3)cc(C)c(C)c2C1. The third-order valence-corrected chi connectivity index (χ3v) is 5.29. The van der Waals surface area contributed by atoms with Crippen molar-refractivity contribution >= 4 is 6.08 Å². The van der Waals surface area contributed by atoms with Gasteiger partial charge < -0.3 is 0 Å². The van der Waals surface area contributed by atoms with Crippen molar-refractivity contribution in [3.8, 4) is 11.1 Å². The number of aryl methyl sites for hydroxylation is 1. The minimum atomic E-state index is 0.207. The molecule has 0 aliphatic heterocycles. The van der Waals surface area contributed by atoms with Crippen molar-refractivity contribution < 1.29 is 0 Å². The van der Waals surface area contributed by atoms with Crippen molar-refractivity contribution in [3.05, 3.63) is 63.7 Å². The first-order valence-electron chi connectivity index (χ1n) is 8.74. The highest BCUT2D eigenvalue weighted by molar-refractivity contribution is 5.82. The smallest absolute Gasteiger partial charge is 0.00550 e. The van der Waals surface area contributed by atoms with E-state index in [0.29, 0.717) is 0 Å². The summed E-state index contributed by atoms with van der Waals surface area (Å²) in [4.78, 5) is 0. The Kier molecular flexibility index (Phi) is 3.96. The van der Waals surface area contributed by atoms with E-state index in [0.717, 1.165) is 12.8 Å². The zero-order chi connectivity index (χ0) is 16.8. The summed E-state index contributed by atoms with van der Waals surface area (Å²) in [5, 5.41) is 0. The van der Waals surface area contributed by atoms with Gasteiger partial charge in [-0.1, -0.05) is 69.7 Å². The van der Waals surface area contributed by atoms with Gasteiger partial charge in [0.05, 0.1) is 0 Å². The molecule has 0 saturated heterocycles. The van der Waals surface area contributed by atoms with Crippen LogP contribution in [-0.4, -0.2) is 0 Å². The summed E-state index contributed by atoms with van der Waals surface area (Å²) in [6.07, 6.45) is 4.71. The molecule has 0 aromatic heterocycles. The van der Waals surface area contributed by atoms with Crippen LogP contribution in [-0.2, 0) is 11.8 Å². The highest BCUT2D eigenvalue weighted by Gasteiger charge is 2.20. The molecular weight excluding hydrogens is 276 g/mol. The fourth-order valence-electron chi connectivity index (χ4n) is 3.50. The lowest BCUT2D eigenvalue weighted by molar-refractivity contribution is 0.590. The number of fused-ring (bicyclic) bond motifs is 1. The molecule has 0 radical (unpaired) electrons. The van der Waals surface area contributed by atoms with Crippen molar-refractivity contribution in [1.29, 1.82) is 0 Å². The van der Waals surface area contributed by atoms with Crippen LogP contribution < -0.4 is 0 Å². The Hall–Kier alpha value is -1.82. The molecule has 2 aromatic rings. The van der Waals surface area contributed by atoms with Crippen LogP contribution in [0.1, 0.15) is 61.9 Å². The lowest BCUT2D eigenvalue weighted by Gasteiger charge is -2.20. The Morgan fingerprint density at radius 1 is 1.00 bits per heavy atom. The molecule has 0 heterocycles. The van der Waals surface area contributed by atoms with Crippen molar-refractivity contribution in [2.45, 2.75) is 59.8 Å². The van der Waals surface area contributed by atoms with E-state index in [9.17, 15) is 0 Å². The summed E-state index contributed by atoms with van der Waals surface area (Å²) in [7, 11) is 0. The molecule has 0 atom stereocenters. The van der Waals surface area contributed by atoms with Gasteiger partial charge in [-0.05, 0) is 71.0 Å². The maximum absolute atomic E-state index is 2.43. The van der Waals surface area contributed by atoms with Gasteiger partial charge in [-0.25, -0.2) is 0 Å². The fourth-order valence-corrected chi connectivity index (χ4v) is 3.50. The van der Waals surface area contributed by atoms with Crippen LogP contribution in [0, 0.1) is 13.8 Å². The molecule has 0 bridgehead atoms. The van der Waals surface area contributed by atoms with E-state index in [1.54, 1.807) is 5.57 Å². The standard InChI is InChI=1S/C23H28/c1-7-17-13-20-16(3)15(2)12-21(22(20)14-17)18-8-10-19(11-9-18)23(4,5)6/h8-12,14H,7,13H2,1-6H3. The largest absolute Gasteiger partial charge is 0.0654 e. The molecule has 0 spiro atoms. The van der Waals surface area contributed by atoms with Gasteiger partial charge in [-0.15, -0.1) is 0 Å². The molecule has 0 amide bonds. The number of hydrogen-bond acceptors (Lipinski definition) is 0. The zero-order valence-electron chi connectivity index (χ0n) is 15.4. The first-order valence-corrected chi connectivity index (χ1v) is 8.74. The lowest BCUT2D eigenvalue weighted by atomic mass is 9.85. The van der Waals surface area contributed by atoms with Crippen LogP contribution in [0.3, 0.4) is 0 Å². The van der Waals surface area contributed by atoms with Crippen molar-refractivity contribution in [2.75, 3.05) is 0 Å². The maximum Gasteiger partial charge on any atom is -0.00550 e. The number of hydrogen-bond donors (Lipinski definition) is 0. The van der Waals surface area contributed by atoms with E-state index in [1.807, 2.05) is 0 Å². The van der Waals surface area contributed by atoms with Crippen LogP contribution in [0.15, 0.2) is 35.9 Å². The maximum atomic E-state index is 2.43. The Labute approximate surface area is 141 Å². The van der Waals surface area contributed by atoms with Gasteiger partial charge in [0.25, 0.3) is 0 Å². The van der Waals surface area contributed by atoms with Crippen molar-refractivity contribution in [3.63, 3.8) is 0 Å². The topological polar surface area (TPSA) is 0 Å². The van der Waals surface area contributed by atoms with E-state index < -0.39 is 0 Å². The fraction of sp³-hybridized carbons (Fsp3) is 0.391. The number of allylic oxidation sites excluding steroid dienone is 1. The molecule has 3 rings (SSSR count). The molecule has 120 valence electrons. The Morgan fingerprint density at radius 2 is 1.65 bits per heavy atom. The summed E-state index contributed by atoms with van der Waals surface area (Å²) in [5.41, 5.74) is 11.8. The Balaban J connectivity index is 2.12. The Bertz CT molecular complexity index is 765. The van der Waals surface area contributed by atoms with Gasteiger partial charge in [0, 0.05) is 0 Å². The van der Waals surface area contributed by atoms with E-state index in [4.69, 9.17) is 0 Å². The molecule has 23 heavy (non-hydrogen) atoms. The average molecular weight is 304 g/mol. The van der Waals surface area contributed by atoms with Gasteiger partial charge in [-0.2, -0.15) is 0 Å².